The Balaban J connectivity index is 4.02. The molecule has 1 unspecified atom stereocenters. The Labute approximate surface area is 148 Å². The fraction of sp³-hybridized carbons (Fsp3) is 1.00. The minimum atomic E-state index is -2.14. The lowest BCUT2D eigenvalue weighted by molar-refractivity contribution is -0.592. The molecular formula is C15H30O10. The van der Waals surface area contributed by atoms with E-state index >= 15 is 0 Å². The maximum absolute atomic E-state index is 11.3. The molecule has 0 bridgehead atoms. The second kappa shape index (κ2) is 7.69. The number of aliphatic hydroxyl groups is 1. The highest BCUT2D eigenvalue weighted by atomic mass is 16.9. The number of rotatable bonds is 9. The lowest BCUT2D eigenvalue weighted by Gasteiger charge is -2.65. The molecule has 1 saturated carbocycles. The first-order valence-electron chi connectivity index (χ1n) is 7.44. The molecule has 1 aliphatic carbocycles. The van der Waals surface area contributed by atoms with Crippen molar-refractivity contribution in [2.24, 2.45) is 0 Å². The van der Waals surface area contributed by atoms with E-state index in [-0.39, 0.29) is 6.42 Å². The maximum Gasteiger partial charge on any atom is 0.290 e. The van der Waals surface area contributed by atoms with Crippen LogP contribution >= 0.6 is 0 Å². The third-order valence-corrected chi connectivity index (χ3v) is 5.08. The van der Waals surface area contributed by atoms with Crippen LogP contribution in [0.2, 0.25) is 0 Å². The van der Waals surface area contributed by atoms with Gasteiger partial charge in [-0.25, -0.2) is 0 Å². The Bertz CT molecular complexity index is 426. The van der Waals surface area contributed by atoms with Gasteiger partial charge in [0.15, 0.2) is 0 Å². The molecule has 0 aromatic rings. The van der Waals surface area contributed by atoms with E-state index in [4.69, 9.17) is 42.6 Å². The molecule has 0 amide bonds. The summed E-state index contributed by atoms with van der Waals surface area (Å²) in [6.45, 7) is 0. The van der Waals surface area contributed by atoms with Crippen molar-refractivity contribution in [3.63, 3.8) is 0 Å². The van der Waals surface area contributed by atoms with E-state index in [9.17, 15) is 5.11 Å². The molecule has 0 spiro atoms. The summed E-state index contributed by atoms with van der Waals surface area (Å²) in [6, 6.07) is 0. The summed E-state index contributed by atoms with van der Waals surface area (Å²) >= 11 is 0. The molecule has 1 N–H and O–H groups in total. The molecule has 0 saturated heterocycles. The fourth-order valence-corrected chi connectivity index (χ4v) is 3.93. The Morgan fingerprint density at radius 2 is 0.840 bits per heavy atom. The molecule has 1 aliphatic rings. The van der Waals surface area contributed by atoms with Gasteiger partial charge in [-0.3, -0.25) is 0 Å². The largest absolute Gasteiger partial charge is 0.361 e. The monoisotopic (exact) mass is 370 g/mol. The van der Waals surface area contributed by atoms with Crippen LogP contribution in [0.5, 0.6) is 0 Å². The van der Waals surface area contributed by atoms with Gasteiger partial charge in [-0.2, -0.15) is 0 Å². The Kier molecular flexibility index (Phi) is 6.96. The summed E-state index contributed by atoms with van der Waals surface area (Å²) in [5.74, 6) is -9.88. The average molecular weight is 370 g/mol. The van der Waals surface area contributed by atoms with Crippen LogP contribution in [0.4, 0.5) is 0 Å². The van der Waals surface area contributed by atoms with Crippen LogP contribution in [0.1, 0.15) is 6.42 Å². The van der Waals surface area contributed by atoms with E-state index < -0.39 is 28.9 Å². The lowest BCUT2D eigenvalue weighted by Crippen LogP contribution is -2.89. The van der Waals surface area contributed by atoms with E-state index in [1.807, 2.05) is 0 Å². The van der Waals surface area contributed by atoms with Gasteiger partial charge in [0.05, 0.1) is 6.42 Å². The maximum atomic E-state index is 11.3. The van der Waals surface area contributed by atoms with Crippen molar-refractivity contribution in [1.29, 1.82) is 0 Å². The van der Waals surface area contributed by atoms with Gasteiger partial charge in [0, 0.05) is 64.0 Å². The molecule has 150 valence electrons. The van der Waals surface area contributed by atoms with Gasteiger partial charge in [0.25, 0.3) is 17.4 Å². The first kappa shape index (κ1) is 22.6. The number of hydrogen-bond donors (Lipinski definition) is 1. The summed E-state index contributed by atoms with van der Waals surface area (Å²) in [6.07, 6.45) is -0.332. The van der Waals surface area contributed by atoms with Gasteiger partial charge < -0.3 is 47.7 Å². The van der Waals surface area contributed by atoms with Crippen molar-refractivity contribution in [3.05, 3.63) is 0 Å². The number of ether oxygens (including phenoxy) is 9. The third-order valence-electron chi connectivity index (χ3n) is 5.08. The highest BCUT2D eigenvalue weighted by Crippen LogP contribution is 2.60. The lowest BCUT2D eigenvalue weighted by atomic mass is 9.72. The Hall–Kier alpha value is -0.400. The summed E-state index contributed by atoms with van der Waals surface area (Å²) in [7, 11) is 11.9. The minimum Gasteiger partial charge on any atom is -0.361 e. The standard InChI is InChI=1S/C15H30O10/c1-17-11(16)10-12(18-2,19-3)14(22-6,23-7)15(24-8,25-9)13(11,20-4)21-5/h16H,10H2,1-9H3. The van der Waals surface area contributed by atoms with Gasteiger partial charge in [0.1, 0.15) is 0 Å². The SMILES string of the molecule is COC1(O)CC(OC)(OC)C(OC)(OC)C(OC)(OC)C1(OC)OC. The van der Waals surface area contributed by atoms with E-state index in [1.165, 1.54) is 64.0 Å². The predicted octanol–water partition coefficient (Wildman–Crippen LogP) is -0.318. The van der Waals surface area contributed by atoms with E-state index in [0.29, 0.717) is 0 Å². The Morgan fingerprint density at radius 3 is 1.08 bits per heavy atom. The minimum absolute atomic E-state index is 0.332. The van der Waals surface area contributed by atoms with Crippen LogP contribution in [0.25, 0.3) is 0 Å². The van der Waals surface area contributed by atoms with Crippen LogP contribution in [0, 0.1) is 0 Å². The zero-order chi connectivity index (χ0) is 19.6. The zero-order valence-electron chi connectivity index (χ0n) is 16.3. The molecule has 10 heteroatoms. The van der Waals surface area contributed by atoms with Crippen molar-refractivity contribution >= 4 is 0 Å². The fourth-order valence-electron chi connectivity index (χ4n) is 3.93. The van der Waals surface area contributed by atoms with Crippen LogP contribution in [0.3, 0.4) is 0 Å². The predicted molar refractivity (Wildman–Crippen MR) is 83.6 cm³/mol. The van der Waals surface area contributed by atoms with E-state index in [2.05, 4.69) is 0 Å². The van der Waals surface area contributed by atoms with Crippen molar-refractivity contribution in [1.82, 2.24) is 0 Å². The second-order valence-electron chi connectivity index (χ2n) is 5.40. The molecule has 1 fully saturated rings. The molecule has 0 heterocycles. The molecule has 10 nitrogen and oxygen atoms in total. The van der Waals surface area contributed by atoms with Crippen molar-refractivity contribution in [2.75, 3.05) is 64.0 Å². The quantitative estimate of drug-likeness (QED) is 0.543. The van der Waals surface area contributed by atoms with E-state index in [1.54, 1.807) is 0 Å². The second-order valence-corrected chi connectivity index (χ2v) is 5.40. The smallest absolute Gasteiger partial charge is 0.290 e. The zero-order valence-corrected chi connectivity index (χ0v) is 16.3. The van der Waals surface area contributed by atoms with Crippen molar-refractivity contribution < 1.29 is 47.7 Å². The molecular weight excluding hydrogens is 340 g/mol. The van der Waals surface area contributed by atoms with Gasteiger partial charge in [-0.15, -0.1) is 0 Å². The highest BCUT2D eigenvalue weighted by Gasteiger charge is 2.88. The van der Waals surface area contributed by atoms with Crippen molar-refractivity contribution in [2.45, 2.75) is 35.4 Å². The van der Waals surface area contributed by atoms with Crippen LogP contribution in [-0.4, -0.2) is 98.0 Å². The average Bonchev–Trinajstić information content (AvgIpc) is 2.66. The van der Waals surface area contributed by atoms with Gasteiger partial charge in [-0.05, 0) is 0 Å². The molecule has 0 radical (unpaired) electrons. The summed E-state index contributed by atoms with van der Waals surface area (Å²) < 4.78 is 50.3. The first-order valence-corrected chi connectivity index (χ1v) is 7.44. The first-order chi connectivity index (χ1) is 11.8. The summed E-state index contributed by atoms with van der Waals surface area (Å²) in [5.41, 5.74) is 0. The topological polar surface area (TPSA) is 103 Å². The highest BCUT2D eigenvalue weighted by molar-refractivity contribution is 5.19. The van der Waals surface area contributed by atoms with Crippen LogP contribution in [-0.2, 0) is 42.6 Å². The summed E-state index contributed by atoms with van der Waals surface area (Å²) in [5, 5.41) is 11.3. The van der Waals surface area contributed by atoms with Gasteiger partial charge in [0.2, 0.25) is 11.6 Å². The summed E-state index contributed by atoms with van der Waals surface area (Å²) in [4.78, 5) is 0. The Morgan fingerprint density at radius 1 is 0.480 bits per heavy atom. The van der Waals surface area contributed by atoms with Crippen LogP contribution < -0.4 is 0 Å². The molecule has 25 heavy (non-hydrogen) atoms. The van der Waals surface area contributed by atoms with Gasteiger partial charge >= 0.3 is 0 Å². The molecule has 0 aliphatic heterocycles. The number of methoxy groups -OCH3 is 9. The molecule has 1 atom stereocenters. The molecule has 0 aromatic carbocycles. The molecule has 0 aromatic heterocycles. The van der Waals surface area contributed by atoms with Crippen molar-refractivity contribution in [3.8, 4) is 0 Å². The van der Waals surface area contributed by atoms with Crippen LogP contribution in [0.15, 0.2) is 0 Å². The molecule has 1 rings (SSSR count). The number of hydrogen-bond acceptors (Lipinski definition) is 10. The van der Waals surface area contributed by atoms with Gasteiger partial charge in [-0.1, -0.05) is 0 Å². The van der Waals surface area contributed by atoms with E-state index in [0.717, 1.165) is 0 Å². The third kappa shape index (κ3) is 2.34. The normalized spacial score (nSPS) is 29.5.